The van der Waals surface area contributed by atoms with Crippen molar-refractivity contribution in [1.29, 1.82) is 0 Å². The fraction of sp³-hybridized carbons (Fsp3) is 0.556. The lowest BCUT2D eigenvalue weighted by molar-refractivity contribution is 0.0400. The van der Waals surface area contributed by atoms with Gasteiger partial charge >= 0.3 is 5.69 Å². The van der Waals surface area contributed by atoms with Crippen molar-refractivity contribution in [3.05, 3.63) is 32.9 Å². The molecule has 0 spiro atoms. The number of ether oxygens (including phenoxy) is 1. The van der Waals surface area contributed by atoms with Crippen LogP contribution in [0.4, 0.5) is 4.39 Å². The number of aromatic nitrogens is 2. The number of nitrogens with one attached hydrogen (secondary N) is 1. The van der Waals surface area contributed by atoms with Crippen LogP contribution in [-0.4, -0.2) is 34.5 Å². The van der Waals surface area contributed by atoms with Gasteiger partial charge in [-0.1, -0.05) is 0 Å². The smallest absolute Gasteiger partial charge is 0.328 e. The monoisotopic (exact) mass is 232 g/mol. The van der Waals surface area contributed by atoms with Crippen LogP contribution in [0.3, 0.4) is 0 Å². The van der Waals surface area contributed by atoms with Crippen LogP contribution < -0.4 is 11.2 Å². The second-order valence-corrected chi connectivity index (χ2v) is 3.26. The number of aliphatic hydroxyl groups is 1. The zero-order valence-corrected chi connectivity index (χ0v) is 8.77. The third-order valence-corrected chi connectivity index (χ3v) is 2.20. The minimum Gasteiger partial charge on any atom is -0.394 e. The average Bonchev–Trinajstić information content (AvgIpc) is 2.26. The number of H-pyrrole nitrogens is 1. The Bertz CT molecular complexity index is 450. The maximum Gasteiger partial charge on any atom is 0.328 e. The zero-order chi connectivity index (χ0) is 12.1. The van der Waals surface area contributed by atoms with Crippen LogP contribution in [0.25, 0.3) is 0 Å². The van der Waals surface area contributed by atoms with Crippen LogP contribution in [0.15, 0.2) is 15.8 Å². The number of hydrogen-bond donors (Lipinski definition) is 2. The molecule has 0 radical (unpaired) electrons. The summed E-state index contributed by atoms with van der Waals surface area (Å²) in [4.78, 5) is 23.8. The van der Waals surface area contributed by atoms with E-state index in [-0.39, 0.29) is 13.2 Å². The molecule has 0 aliphatic rings. The quantitative estimate of drug-likeness (QED) is 0.687. The van der Waals surface area contributed by atoms with Crippen molar-refractivity contribution in [2.45, 2.75) is 19.1 Å². The Labute approximate surface area is 90.3 Å². The lowest BCUT2D eigenvalue weighted by Gasteiger charge is -2.12. The van der Waals surface area contributed by atoms with Gasteiger partial charge in [0.05, 0.1) is 18.9 Å². The highest BCUT2D eigenvalue weighted by atomic mass is 19.1. The van der Waals surface area contributed by atoms with E-state index in [0.717, 1.165) is 10.8 Å². The number of aryl methyl sites for hydroxylation is 1. The van der Waals surface area contributed by atoms with E-state index in [1.54, 1.807) is 0 Å². The van der Waals surface area contributed by atoms with Crippen molar-refractivity contribution in [2.24, 2.45) is 0 Å². The van der Waals surface area contributed by atoms with E-state index in [9.17, 15) is 14.0 Å². The molecule has 6 nitrogen and oxygen atoms in total. The van der Waals surface area contributed by atoms with Crippen LogP contribution in [0.5, 0.6) is 0 Å². The molecular weight excluding hydrogens is 219 g/mol. The van der Waals surface area contributed by atoms with Gasteiger partial charge in [0.15, 0.2) is 0 Å². The number of aliphatic hydroxyl groups excluding tert-OH is 1. The summed E-state index contributed by atoms with van der Waals surface area (Å²) in [5.41, 5.74) is -1.72. The first-order valence-electron chi connectivity index (χ1n) is 4.71. The third-order valence-electron chi connectivity index (χ3n) is 2.20. The van der Waals surface area contributed by atoms with Crippen LogP contribution in [0, 0.1) is 5.82 Å². The summed E-state index contributed by atoms with van der Waals surface area (Å²) in [5, 5.41) is 8.83. The van der Waals surface area contributed by atoms with Crippen molar-refractivity contribution in [3.8, 4) is 0 Å². The molecule has 0 saturated carbocycles. The Morgan fingerprint density at radius 2 is 2.31 bits per heavy atom. The molecule has 7 heteroatoms. The molecule has 0 fully saturated rings. The van der Waals surface area contributed by atoms with Crippen molar-refractivity contribution >= 4 is 0 Å². The van der Waals surface area contributed by atoms with Crippen molar-refractivity contribution in [1.82, 2.24) is 9.55 Å². The minimum atomic E-state index is -1.04. The summed E-state index contributed by atoms with van der Waals surface area (Å²) >= 11 is 0. The largest absolute Gasteiger partial charge is 0.394 e. The van der Waals surface area contributed by atoms with E-state index in [1.807, 2.05) is 4.98 Å². The second-order valence-electron chi connectivity index (χ2n) is 3.26. The van der Waals surface area contributed by atoms with Crippen LogP contribution in [0.2, 0.25) is 0 Å². The van der Waals surface area contributed by atoms with E-state index in [4.69, 9.17) is 9.84 Å². The number of methoxy groups -OCH3 is 1. The van der Waals surface area contributed by atoms with Gasteiger partial charge in [0.1, 0.15) is 0 Å². The summed E-state index contributed by atoms with van der Waals surface area (Å²) in [6.07, 6.45) is 0.769. The molecule has 16 heavy (non-hydrogen) atoms. The highest BCUT2D eigenvalue weighted by Gasteiger charge is 2.08. The van der Waals surface area contributed by atoms with Crippen LogP contribution in [0.1, 0.15) is 6.42 Å². The minimum absolute atomic E-state index is 0.158. The van der Waals surface area contributed by atoms with E-state index < -0.39 is 23.2 Å². The SMILES string of the molecule is COC(CO)CCn1cc(F)c(=O)[nH]c1=O. The zero-order valence-electron chi connectivity index (χ0n) is 8.77. The first-order chi connectivity index (χ1) is 7.58. The Kier molecular flexibility index (Phi) is 4.39. The lowest BCUT2D eigenvalue weighted by atomic mass is 10.2. The number of nitrogens with zero attached hydrogens (tertiary/aromatic N) is 1. The number of halogens is 1. The number of aromatic amines is 1. The predicted octanol–water partition coefficient (Wildman–Crippen LogP) is -0.927. The molecule has 1 atom stereocenters. The van der Waals surface area contributed by atoms with Crippen molar-refractivity contribution in [3.63, 3.8) is 0 Å². The molecule has 90 valence electrons. The molecule has 0 aliphatic heterocycles. The number of hydrogen-bond acceptors (Lipinski definition) is 4. The van der Waals surface area contributed by atoms with Gasteiger partial charge in [0.2, 0.25) is 5.82 Å². The molecule has 1 heterocycles. The van der Waals surface area contributed by atoms with Crippen LogP contribution >= 0.6 is 0 Å². The highest BCUT2D eigenvalue weighted by Crippen LogP contribution is 1.98. The molecule has 1 aromatic rings. The van der Waals surface area contributed by atoms with Crippen molar-refractivity contribution < 1.29 is 14.2 Å². The second kappa shape index (κ2) is 5.57. The van der Waals surface area contributed by atoms with E-state index in [1.165, 1.54) is 7.11 Å². The molecule has 1 aromatic heterocycles. The maximum atomic E-state index is 12.9. The average molecular weight is 232 g/mol. The Morgan fingerprint density at radius 3 is 2.88 bits per heavy atom. The summed E-state index contributed by atoms with van der Waals surface area (Å²) in [7, 11) is 1.43. The molecule has 0 aliphatic carbocycles. The summed E-state index contributed by atoms with van der Waals surface area (Å²) in [6.45, 7) is -0.0251. The Morgan fingerprint density at radius 1 is 1.62 bits per heavy atom. The highest BCUT2D eigenvalue weighted by molar-refractivity contribution is 4.87. The molecule has 1 unspecified atom stereocenters. The van der Waals surface area contributed by atoms with Gasteiger partial charge in [-0.2, -0.15) is 4.39 Å². The third kappa shape index (κ3) is 3.01. The molecule has 0 bridgehead atoms. The first-order valence-corrected chi connectivity index (χ1v) is 4.71. The van der Waals surface area contributed by atoms with E-state index in [2.05, 4.69) is 0 Å². The number of rotatable bonds is 5. The van der Waals surface area contributed by atoms with Gasteiger partial charge in [0.25, 0.3) is 5.56 Å². The standard InChI is InChI=1S/C9H13FN2O4/c1-16-6(5-13)2-3-12-4-7(10)8(14)11-9(12)15/h4,6,13H,2-3,5H2,1H3,(H,11,14,15). The van der Waals surface area contributed by atoms with Gasteiger partial charge in [0, 0.05) is 13.7 Å². The lowest BCUT2D eigenvalue weighted by Crippen LogP contribution is -2.32. The molecule has 0 saturated heterocycles. The van der Waals surface area contributed by atoms with Crippen LogP contribution in [-0.2, 0) is 11.3 Å². The summed E-state index contributed by atoms with van der Waals surface area (Å²) < 4.78 is 18.8. The van der Waals surface area contributed by atoms with E-state index in [0.29, 0.717) is 6.42 Å². The molecule has 1 rings (SSSR count). The van der Waals surface area contributed by atoms with E-state index >= 15 is 0 Å². The Hall–Kier alpha value is -1.47. The molecule has 0 aromatic carbocycles. The topological polar surface area (TPSA) is 84.3 Å². The van der Waals surface area contributed by atoms with Gasteiger partial charge in [-0.3, -0.25) is 14.3 Å². The predicted molar refractivity (Wildman–Crippen MR) is 53.8 cm³/mol. The van der Waals surface area contributed by atoms with Gasteiger partial charge in [-0.05, 0) is 6.42 Å². The molecule has 0 amide bonds. The van der Waals surface area contributed by atoms with Gasteiger partial charge < -0.3 is 9.84 Å². The van der Waals surface area contributed by atoms with Gasteiger partial charge in [-0.25, -0.2) is 4.79 Å². The normalized spacial score (nSPS) is 12.7. The summed E-state index contributed by atoms with van der Waals surface area (Å²) in [5.74, 6) is -1.02. The molecule has 2 N–H and O–H groups in total. The fourth-order valence-corrected chi connectivity index (χ4v) is 1.22. The molecular formula is C9H13FN2O4. The maximum absolute atomic E-state index is 12.9. The fourth-order valence-electron chi connectivity index (χ4n) is 1.22. The first kappa shape index (κ1) is 12.6. The summed E-state index contributed by atoms with van der Waals surface area (Å²) in [6, 6.07) is 0. The Balaban J connectivity index is 2.78. The van der Waals surface area contributed by atoms with Crippen molar-refractivity contribution in [2.75, 3.05) is 13.7 Å². The van der Waals surface area contributed by atoms with Gasteiger partial charge in [-0.15, -0.1) is 0 Å².